The molecule has 1 heterocycles. The summed E-state index contributed by atoms with van der Waals surface area (Å²) in [5, 5.41) is 10.1. The first-order chi connectivity index (χ1) is 7.93. The highest BCUT2D eigenvalue weighted by Crippen LogP contribution is 2.29. The van der Waals surface area contributed by atoms with E-state index in [0.717, 1.165) is 21.1 Å². The van der Waals surface area contributed by atoms with Crippen molar-refractivity contribution in [2.45, 2.75) is 26.2 Å². The van der Waals surface area contributed by atoms with Gasteiger partial charge in [-0.15, -0.1) is 0 Å². The first kappa shape index (κ1) is 12.1. The molecule has 2 aromatic rings. The summed E-state index contributed by atoms with van der Waals surface area (Å²) in [6, 6.07) is 9.93. The molecule has 0 aliphatic carbocycles. The molecular formula is C14H13BrN2. The highest BCUT2D eigenvalue weighted by atomic mass is 79.9. The van der Waals surface area contributed by atoms with Crippen molar-refractivity contribution in [1.29, 1.82) is 5.26 Å². The van der Waals surface area contributed by atoms with E-state index >= 15 is 0 Å². The van der Waals surface area contributed by atoms with Crippen LogP contribution in [0, 0.1) is 11.3 Å². The Labute approximate surface area is 109 Å². The summed E-state index contributed by atoms with van der Waals surface area (Å²) in [7, 11) is 0. The predicted octanol–water partition coefficient (Wildman–Crippen LogP) is 4.17. The Kier molecular flexibility index (Phi) is 2.92. The van der Waals surface area contributed by atoms with Crippen LogP contribution in [0.15, 0.2) is 28.7 Å². The molecule has 0 N–H and O–H groups in total. The van der Waals surface area contributed by atoms with Crippen molar-refractivity contribution < 1.29 is 0 Å². The van der Waals surface area contributed by atoms with E-state index in [1.807, 2.05) is 24.3 Å². The molecular weight excluding hydrogens is 276 g/mol. The second kappa shape index (κ2) is 4.12. The lowest BCUT2D eigenvalue weighted by molar-refractivity contribution is 0.571. The SMILES string of the molecule is CC(C)(C)c1cc(C#N)c2cccc(Br)c2n1. The van der Waals surface area contributed by atoms with Gasteiger partial charge in [-0.1, -0.05) is 32.9 Å². The normalized spacial score (nSPS) is 11.5. The van der Waals surface area contributed by atoms with E-state index in [2.05, 4.69) is 47.8 Å². The fourth-order valence-electron chi connectivity index (χ4n) is 1.69. The molecule has 0 atom stereocenters. The monoisotopic (exact) mass is 288 g/mol. The number of benzene rings is 1. The summed E-state index contributed by atoms with van der Waals surface area (Å²) in [4.78, 5) is 4.66. The Morgan fingerprint density at radius 3 is 2.59 bits per heavy atom. The Bertz CT molecular complexity index is 618. The maximum Gasteiger partial charge on any atom is 0.0999 e. The van der Waals surface area contributed by atoms with Gasteiger partial charge >= 0.3 is 0 Å². The van der Waals surface area contributed by atoms with Crippen LogP contribution in [0.3, 0.4) is 0 Å². The van der Waals surface area contributed by atoms with Crippen molar-refractivity contribution >= 4 is 26.8 Å². The van der Waals surface area contributed by atoms with Gasteiger partial charge < -0.3 is 0 Å². The average Bonchev–Trinajstić information content (AvgIpc) is 2.27. The minimum absolute atomic E-state index is 0.0604. The molecule has 17 heavy (non-hydrogen) atoms. The van der Waals surface area contributed by atoms with E-state index in [0.29, 0.717) is 5.56 Å². The highest BCUT2D eigenvalue weighted by molar-refractivity contribution is 9.10. The van der Waals surface area contributed by atoms with E-state index in [1.165, 1.54) is 0 Å². The third-order valence-electron chi connectivity index (χ3n) is 2.68. The average molecular weight is 289 g/mol. The van der Waals surface area contributed by atoms with Gasteiger partial charge in [0.25, 0.3) is 0 Å². The van der Waals surface area contributed by atoms with Crippen LogP contribution in [0.1, 0.15) is 32.0 Å². The van der Waals surface area contributed by atoms with Crippen molar-refractivity contribution in [3.8, 4) is 6.07 Å². The second-order valence-electron chi connectivity index (χ2n) is 5.05. The van der Waals surface area contributed by atoms with Crippen molar-refractivity contribution in [3.05, 3.63) is 40.0 Å². The zero-order chi connectivity index (χ0) is 12.6. The summed E-state index contributed by atoms with van der Waals surface area (Å²) in [5.41, 5.74) is 2.42. The number of rotatable bonds is 0. The van der Waals surface area contributed by atoms with Crippen LogP contribution in [0.5, 0.6) is 0 Å². The lowest BCUT2D eigenvalue weighted by Crippen LogP contribution is -2.14. The van der Waals surface area contributed by atoms with Crippen LogP contribution >= 0.6 is 15.9 Å². The van der Waals surface area contributed by atoms with Crippen LogP contribution in [0.2, 0.25) is 0 Å². The Balaban J connectivity index is 2.87. The predicted molar refractivity (Wildman–Crippen MR) is 72.9 cm³/mol. The number of para-hydroxylation sites is 1. The zero-order valence-corrected chi connectivity index (χ0v) is 11.7. The molecule has 0 aliphatic heterocycles. The van der Waals surface area contributed by atoms with Crippen LogP contribution < -0.4 is 0 Å². The number of halogens is 1. The molecule has 0 unspecified atom stereocenters. The molecule has 2 rings (SSSR count). The van der Waals surface area contributed by atoms with Crippen molar-refractivity contribution in [2.75, 3.05) is 0 Å². The number of aromatic nitrogens is 1. The van der Waals surface area contributed by atoms with Crippen LogP contribution in [0.25, 0.3) is 10.9 Å². The first-order valence-electron chi connectivity index (χ1n) is 5.43. The maximum atomic E-state index is 9.22. The third-order valence-corrected chi connectivity index (χ3v) is 3.32. The molecule has 0 saturated heterocycles. The van der Waals surface area contributed by atoms with Crippen molar-refractivity contribution in [3.63, 3.8) is 0 Å². The molecule has 0 radical (unpaired) electrons. The van der Waals surface area contributed by atoms with Gasteiger partial charge in [0.1, 0.15) is 0 Å². The van der Waals surface area contributed by atoms with Crippen LogP contribution in [0.4, 0.5) is 0 Å². The summed E-state index contributed by atoms with van der Waals surface area (Å²) in [6.07, 6.45) is 0. The smallest absolute Gasteiger partial charge is 0.0999 e. The highest BCUT2D eigenvalue weighted by Gasteiger charge is 2.18. The maximum absolute atomic E-state index is 9.22. The van der Waals surface area contributed by atoms with E-state index in [1.54, 1.807) is 0 Å². The minimum atomic E-state index is -0.0604. The molecule has 86 valence electrons. The summed E-state index contributed by atoms with van der Waals surface area (Å²) < 4.78 is 0.928. The molecule has 0 amide bonds. The van der Waals surface area contributed by atoms with Crippen molar-refractivity contribution in [1.82, 2.24) is 4.98 Å². The summed E-state index contributed by atoms with van der Waals surface area (Å²) in [6.45, 7) is 6.29. The first-order valence-corrected chi connectivity index (χ1v) is 6.22. The minimum Gasteiger partial charge on any atom is -0.251 e. The Morgan fingerprint density at radius 1 is 1.29 bits per heavy atom. The number of hydrogen-bond donors (Lipinski definition) is 0. The lowest BCUT2D eigenvalue weighted by Gasteiger charge is -2.19. The molecule has 0 bridgehead atoms. The number of hydrogen-bond acceptors (Lipinski definition) is 2. The molecule has 1 aromatic carbocycles. The van der Waals surface area contributed by atoms with Gasteiger partial charge in [0.15, 0.2) is 0 Å². The number of nitrogens with zero attached hydrogens (tertiary/aromatic N) is 2. The topological polar surface area (TPSA) is 36.7 Å². The second-order valence-corrected chi connectivity index (χ2v) is 5.91. The van der Waals surface area contributed by atoms with E-state index < -0.39 is 0 Å². The quantitative estimate of drug-likeness (QED) is 0.730. The van der Waals surface area contributed by atoms with Crippen molar-refractivity contribution in [2.24, 2.45) is 0 Å². The van der Waals surface area contributed by atoms with Gasteiger partial charge in [0.2, 0.25) is 0 Å². The molecule has 0 saturated carbocycles. The summed E-state index contributed by atoms with van der Waals surface area (Å²) >= 11 is 3.49. The van der Waals surface area contributed by atoms with Gasteiger partial charge in [0, 0.05) is 21.0 Å². The summed E-state index contributed by atoms with van der Waals surface area (Å²) in [5.74, 6) is 0. The Morgan fingerprint density at radius 2 is 2.00 bits per heavy atom. The molecule has 0 fully saturated rings. The van der Waals surface area contributed by atoms with Gasteiger partial charge in [-0.05, 0) is 28.1 Å². The van der Waals surface area contributed by atoms with Gasteiger partial charge in [-0.2, -0.15) is 5.26 Å². The zero-order valence-electron chi connectivity index (χ0n) is 10.1. The number of pyridine rings is 1. The standard InChI is InChI=1S/C14H13BrN2/c1-14(2,3)12-7-9(8-16)10-5-4-6-11(15)13(10)17-12/h4-7H,1-3H3. The van der Waals surface area contributed by atoms with Crippen LogP contribution in [-0.4, -0.2) is 4.98 Å². The fourth-order valence-corrected chi connectivity index (χ4v) is 2.15. The lowest BCUT2D eigenvalue weighted by atomic mass is 9.90. The van der Waals surface area contributed by atoms with Gasteiger partial charge in [-0.3, -0.25) is 4.98 Å². The third kappa shape index (κ3) is 2.18. The molecule has 0 aliphatic rings. The van der Waals surface area contributed by atoms with Crippen LogP contribution in [-0.2, 0) is 5.41 Å². The largest absolute Gasteiger partial charge is 0.251 e. The van der Waals surface area contributed by atoms with E-state index in [9.17, 15) is 5.26 Å². The molecule has 0 spiro atoms. The number of nitriles is 1. The molecule has 2 nitrogen and oxygen atoms in total. The molecule has 1 aromatic heterocycles. The van der Waals surface area contributed by atoms with E-state index in [4.69, 9.17) is 0 Å². The van der Waals surface area contributed by atoms with Gasteiger partial charge in [-0.25, -0.2) is 0 Å². The fraction of sp³-hybridized carbons (Fsp3) is 0.286. The molecule has 3 heteroatoms. The Hall–Kier alpha value is -1.40. The van der Waals surface area contributed by atoms with Gasteiger partial charge in [0.05, 0.1) is 17.1 Å². The van der Waals surface area contributed by atoms with E-state index in [-0.39, 0.29) is 5.41 Å². The number of fused-ring (bicyclic) bond motifs is 1.